The number of nitrogens with zero attached hydrogens (tertiary/aromatic N) is 3. The molecule has 1 fully saturated rings. The lowest BCUT2D eigenvalue weighted by Crippen LogP contribution is -2.30. The number of hydrogen-bond acceptors (Lipinski definition) is 4. The molecule has 0 atom stereocenters. The fourth-order valence-corrected chi connectivity index (χ4v) is 3.48. The summed E-state index contributed by atoms with van der Waals surface area (Å²) in [4.78, 5) is 11.4. The molecule has 1 aliphatic rings. The van der Waals surface area contributed by atoms with Crippen LogP contribution in [-0.4, -0.2) is 29.6 Å². The van der Waals surface area contributed by atoms with Gasteiger partial charge in [0.1, 0.15) is 17.5 Å². The van der Waals surface area contributed by atoms with Crippen LogP contribution >= 0.6 is 23.2 Å². The van der Waals surface area contributed by atoms with Gasteiger partial charge in [-0.05, 0) is 50.3 Å². The molecule has 0 unspecified atom stereocenters. The largest absolute Gasteiger partial charge is 0.370 e. The molecule has 1 saturated heterocycles. The molecule has 3 rings (SSSR count). The lowest BCUT2D eigenvalue weighted by atomic mass is 10.1. The molecule has 0 spiro atoms. The minimum Gasteiger partial charge on any atom is -0.370 e. The van der Waals surface area contributed by atoms with Crippen molar-refractivity contribution in [2.45, 2.75) is 32.6 Å². The standard InChI is InChI=1S/C18H22Cl2N4/c1-13-22-17(12-18(23-13)24-9-3-2-4-10-24)21-8-7-14-5-6-15(19)11-16(14)20/h5-6,11-12H,2-4,7-10H2,1H3,(H,21,22,23). The van der Waals surface area contributed by atoms with Crippen molar-refractivity contribution < 1.29 is 0 Å². The zero-order valence-electron chi connectivity index (χ0n) is 13.9. The third kappa shape index (κ3) is 4.52. The van der Waals surface area contributed by atoms with Crippen molar-refractivity contribution in [1.29, 1.82) is 0 Å². The van der Waals surface area contributed by atoms with E-state index in [4.69, 9.17) is 23.2 Å². The van der Waals surface area contributed by atoms with Gasteiger partial charge in [0.15, 0.2) is 0 Å². The Morgan fingerprint density at radius 3 is 2.62 bits per heavy atom. The Kier molecular flexibility index (Phi) is 5.80. The first kappa shape index (κ1) is 17.3. The SMILES string of the molecule is Cc1nc(NCCc2ccc(Cl)cc2Cl)cc(N2CCCCC2)n1. The van der Waals surface area contributed by atoms with Crippen molar-refractivity contribution in [3.05, 3.63) is 45.7 Å². The summed E-state index contributed by atoms with van der Waals surface area (Å²) in [5.74, 6) is 2.69. The summed E-state index contributed by atoms with van der Waals surface area (Å²) < 4.78 is 0. The molecule has 0 bridgehead atoms. The first-order valence-electron chi connectivity index (χ1n) is 8.40. The van der Waals surface area contributed by atoms with Gasteiger partial charge in [-0.2, -0.15) is 0 Å². The number of aromatic nitrogens is 2. The Hall–Kier alpha value is -1.52. The van der Waals surface area contributed by atoms with Crippen molar-refractivity contribution in [3.8, 4) is 0 Å². The molecule has 1 aromatic heterocycles. The molecule has 0 saturated carbocycles. The molecule has 2 heterocycles. The van der Waals surface area contributed by atoms with Crippen LogP contribution in [-0.2, 0) is 6.42 Å². The molecule has 1 N–H and O–H groups in total. The van der Waals surface area contributed by atoms with Crippen LogP contribution in [0.15, 0.2) is 24.3 Å². The average molecular weight is 365 g/mol. The highest BCUT2D eigenvalue weighted by Crippen LogP contribution is 2.22. The van der Waals surface area contributed by atoms with E-state index in [1.807, 2.05) is 25.1 Å². The first-order valence-corrected chi connectivity index (χ1v) is 9.16. The van der Waals surface area contributed by atoms with Crippen molar-refractivity contribution in [2.75, 3.05) is 29.9 Å². The number of nitrogens with one attached hydrogen (secondary N) is 1. The minimum absolute atomic E-state index is 0.661. The van der Waals surface area contributed by atoms with Gasteiger partial charge in [-0.25, -0.2) is 9.97 Å². The van der Waals surface area contributed by atoms with Gasteiger partial charge < -0.3 is 10.2 Å². The summed E-state index contributed by atoms with van der Waals surface area (Å²) >= 11 is 12.2. The molecule has 0 radical (unpaired) electrons. The van der Waals surface area contributed by atoms with Gasteiger partial charge in [-0.15, -0.1) is 0 Å². The number of anilines is 2. The first-order chi connectivity index (χ1) is 11.6. The fraction of sp³-hybridized carbons (Fsp3) is 0.444. The molecule has 0 amide bonds. The molecule has 1 aromatic carbocycles. The highest BCUT2D eigenvalue weighted by atomic mass is 35.5. The smallest absolute Gasteiger partial charge is 0.134 e. The summed E-state index contributed by atoms with van der Waals surface area (Å²) in [6, 6.07) is 7.66. The number of rotatable bonds is 5. The van der Waals surface area contributed by atoms with Gasteiger partial charge in [0.05, 0.1) is 0 Å². The van der Waals surface area contributed by atoms with Crippen LogP contribution < -0.4 is 10.2 Å². The number of aryl methyl sites for hydroxylation is 1. The molecule has 4 nitrogen and oxygen atoms in total. The fourth-order valence-electron chi connectivity index (χ4n) is 2.98. The second-order valence-corrected chi connectivity index (χ2v) is 6.96. The highest BCUT2D eigenvalue weighted by Gasteiger charge is 2.13. The molecule has 128 valence electrons. The van der Waals surface area contributed by atoms with E-state index in [1.54, 1.807) is 6.07 Å². The van der Waals surface area contributed by atoms with Crippen LogP contribution in [0.25, 0.3) is 0 Å². The number of piperidine rings is 1. The zero-order valence-corrected chi connectivity index (χ0v) is 15.4. The summed E-state index contributed by atoms with van der Waals surface area (Å²) in [5, 5.41) is 4.75. The maximum Gasteiger partial charge on any atom is 0.134 e. The van der Waals surface area contributed by atoms with Crippen molar-refractivity contribution >= 4 is 34.8 Å². The van der Waals surface area contributed by atoms with Gasteiger partial charge in [0.2, 0.25) is 0 Å². The van der Waals surface area contributed by atoms with Gasteiger partial charge in [0, 0.05) is 35.7 Å². The summed E-state index contributed by atoms with van der Waals surface area (Å²) in [6.45, 7) is 4.86. The Bertz CT molecular complexity index is 699. The molecule has 6 heteroatoms. The second kappa shape index (κ2) is 8.04. The van der Waals surface area contributed by atoms with Crippen LogP contribution in [0, 0.1) is 6.92 Å². The van der Waals surface area contributed by atoms with E-state index in [-0.39, 0.29) is 0 Å². The quantitative estimate of drug-likeness (QED) is 0.831. The molecular weight excluding hydrogens is 343 g/mol. The van der Waals surface area contributed by atoms with Crippen molar-refractivity contribution in [2.24, 2.45) is 0 Å². The van der Waals surface area contributed by atoms with Crippen LogP contribution in [0.3, 0.4) is 0 Å². The van der Waals surface area contributed by atoms with E-state index in [1.165, 1.54) is 19.3 Å². The van der Waals surface area contributed by atoms with E-state index in [9.17, 15) is 0 Å². The number of benzene rings is 1. The minimum atomic E-state index is 0.661. The Morgan fingerprint density at radius 2 is 1.88 bits per heavy atom. The molecule has 24 heavy (non-hydrogen) atoms. The van der Waals surface area contributed by atoms with Crippen LogP contribution in [0.4, 0.5) is 11.6 Å². The van der Waals surface area contributed by atoms with Crippen molar-refractivity contribution in [1.82, 2.24) is 9.97 Å². The van der Waals surface area contributed by atoms with E-state index >= 15 is 0 Å². The third-order valence-electron chi connectivity index (χ3n) is 4.22. The maximum absolute atomic E-state index is 6.22. The van der Waals surface area contributed by atoms with Crippen LogP contribution in [0.1, 0.15) is 30.7 Å². The van der Waals surface area contributed by atoms with Gasteiger partial charge in [-0.3, -0.25) is 0 Å². The van der Waals surface area contributed by atoms with E-state index < -0.39 is 0 Å². The summed E-state index contributed by atoms with van der Waals surface area (Å²) in [6.07, 6.45) is 4.60. The number of halogens is 2. The summed E-state index contributed by atoms with van der Waals surface area (Å²) in [5.41, 5.74) is 1.08. The van der Waals surface area contributed by atoms with E-state index in [0.717, 1.165) is 49.1 Å². The van der Waals surface area contributed by atoms with Gasteiger partial charge >= 0.3 is 0 Å². The molecular formula is C18H22Cl2N4. The Labute approximate surface area is 153 Å². The molecule has 0 aliphatic carbocycles. The monoisotopic (exact) mass is 364 g/mol. The highest BCUT2D eigenvalue weighted by molar-refractivity contribution is 6.35. The zero-order chi connectivity index (χ0) is 16.9. The Balaban J connectivity index is 1.63. The van der Waals surface area contributed by atoms with Crippen molar-refractivity contribution in [3.63, 3.8) is 0 Å². The molecule has 1 aliphatic heterocycles. The van der Waals surface area contributed by atoms with Gasteiger partial charge in [-0.1, -0.05) is 29.3 Å². The van der Waals surface area contributed by atoms with Crippen LogP contribution in [0.2, 0.25) is 10.0 Å². The molecule has 2 aromatic rings. The lowest BCUT2D eigenvalue weighted by Gasteiger charge is -2.28. The van der Waals surface area contributed by atoms with Gasteiger partial charge in [0.25, 0.3) is 0 Å². The van der Waals surface area contributed by atoms with E-state index in [2.05, 4.69) is 20.2 Å². The Morgan fingerprint density at radius 1 is 1.08 bits per heavy atom. The average Bonchev–Trinajstić information content (AvgIpc) is 2.57. The maximum atomic E-state index is 6.22. The predicted octanol–water partition coefficient (Wildman–Crippen LogP) is 4.74. The lowest BCUT2D eigenvalue weighted by molar-refractivity contribution is 0.572. The third-order valence-corrected chi connectivity index (χ3v) is 4.81. The second-order valence-electron chi connectivity index (χ2n) is 6.12. The topological polar surface area (TPSA) is 41.1 Å². The predicted molar refractivity (Wildman–Crippen MR) is 101 cm³/mol. The summed E-state index contributed by atoms with van der Waals surface area (Å²) in [7, 11) is 0. The normalized spacial score (nSPS) is 14.7. The number of hydrogen-bond donors (Lipinski definition) is 1. The van der Waals surface area contributed by atoms with E-state index in [0.29, 0.717) is 10.0 Å². The van der Waals surface area contributed by atoms with Crippen LogP contribution in [0.5, 0.6) is 0 Å².